The largest absolute Gasteiger partial charge is 0.466 e. The van der Waals surface area contributed by atoms with Crippen molar-refractivity contribution in [3.63, 3.8) is 0 Å². The number of hydrogen-bond donors (Lipinski definition) is 3. The highest BCUT2D eigenvalue weighted by atomic mass is 16.5. The minimum atomic E-state index is -0.612. The van der Waals surface area contributed by atoms with Crippen molar-refractivity contribution in [2.45, 2.75) is 131 Å². The minimum Gasteiger partial charge on any atom is -0.466 e. The van der Waals surface area contributed by atoms with Crippen LogP contribution < -0.4 is 5.32 Å². The topological polar surface area (TPSA) is 148 Å². The zero-order chi connectivity index (χ0) is 32.2. The molecule has 0 spiro atoms. The SMILES string of the molecule is C.C.CCOC(=O)[C@H]1CC[C@@H]2C(=O)CC[C@@H]21.CCOC(=O)[C@H]1CC[C@H]2[C@@H]1CC[C@@]2(C)O.CCOC(=O)[C@H]1NC[C@H]2[C@@H]1CC[C@@]2(C)O. The van der Waals surface area contributed by atoms with Gasteiger partial charge in [-0.15, -0.1) is 0 Å². The summed E-state index contributed by atoms with van der Waals surface area (Å²) >= 11 is 0. The first-order chi connectivity index (χ1) is 20.9. The van der Waals surface area contributed by atoms with E-state index in [0.717, 1.165) is 64.3 Å². The number of hydrogen-bond acceptors (Lipinski definition) is 10. The fourth-order valence-corrected chi connectivity index (χ4v) is 9.31. The maximum Gasteiger partial charge on any atom is 0.323 e. The van der Waals surface area contributed by atoms with Crippen molar-refractivity contribution in [2.75, 3.05) is 26.4 Å². The summed E-state index contributed by atoms with van der Waals surface area (Å²) in [4.78, 5) is 46.3. The third kappa shape index (κ3) is 8.51. The average Bonchev–Trinajstić information content (AvgIpc) is 3.79. The molecule has 1 heterocycles. The van der Waals surface area contributed by atoms with Crippen molar-refractivity contribution in [3.05, 3.63) is 0 Å². The van der Waals surface area contributed by atoms with Gasteiger partial charge in [-0.2, -0.15) is 0 Å². The first kappa shape index (κ1) is 40.1. The lowest BCUT2D eigenvalue weighted by atomic mass is 9.87. The van der Waals surface area contributed by atoms with Crippen molar-refractivity contribution >= 4 is 23.7 Å². The summed E-state index contributed by atoms with van der Waals surface area (Å²) in [5, 5.41) is 23.4. The van der Waals surface area contributed by atoms with E-state index in [1.165, 1.54) is 0 Å². The Balaban J connectivity index is 0.000000235. The molecule has 266 valence electrons. The fraction of sp³-hybridized carbons (Fsp3) is 0.889. The molecule has 6 aliphatic rings. The molecule has 0 bridgehead atoms. The van der Waals surface area contributed by atoms with Gasteiger partial charge in [0.1, 0.15) is 11.8 Å². The molecule has 0 aromatic heterocycles. The van der Waals surface area contributed by atoms with Crippen LogP contribution in [-0.2, 0) is 33.4 Å². The van der Waals surface area contributed by atoms with Crippen LogP contribution in [0.5, 0.6) is 0 Å². The predicted molar refractivity (Wildman–Crippen MR) is 175 cm³/mol. The van der Waals surface area contributed by atoms with E-state index in [9.17, 15) is 29.4 Å². The van der Waals surface area contributed by atoms with Crippen LogP contribution in [0.1, 0.15) is 114 Å². The second-order valence-electron chi connectivity index (χ2n) is 14.1. The zero-order valence-electron chi connectivity index (χ0n) is 27.3. The Labute approximate surface area is 277 Å². The quantitative estimate of drug-likeness (QED) is 0.268. The second kappa shape index (κ2) is 16.9. The van der Waals surface area contributed by atoms with Gasteiger partial charge in [-0.05, 0) is 116 Å². The number of ether oxygens (including phenoxy) is 3. The minimum absolute atomic E-state index is 0. The highest BCUT2D eigenvalue weighted by Gasteiger charge is 2.54. The van der Waals surface area contributed by atoms with Crippen LogP contribution in [0.2, 0.25) is 0 Å². The standard InChI is InChI=1S/C12H20O3.C11H19NO3.C11H16O3.2CH4/c1-3-15-11(13)9-4-5-10-8(9)6-7-12(10,2)14;1-3-15-10(13)9-7-4-5-11(2,14)8(7)6-12-9;1-2-14-11(13)9-4-3-8-7(9)5-6-10(8)12;;/h8-10,14H,3-7H2,1-2H3;7-9,12,14H,3-6H2,1-2H3;7-9H,2-6H2,1H3;2*1H4/t8-,9+,10+,12-;7-,8-,9-,11+;7-,8-,9-;;/m100../s1. The molecule has 0 amide bonds. The fourth-order valence-electron chi connectivity index (χ4n) is 9.31. The molecule has 1 aliphatic heterocycles. The van der Waals surface area contributed by atoms with E-state index in [4.69, 9.17) is 14.2 Å². The van der Waals surface area contributed by atoms with Crippen LogP contribution in [0, 0.1) is 47.3 Å². The number of fused-ring (bicyclic) bond motifs is 3. The molecule has 1 saturated heterocycles. The summed E-state index contributed by atoms with van der Waals surface area (Å²) in [6.45, 7) is 11.3. The van der Waals surface area contributed by atoms with Crippen molar-refractivity contribution in [3.8, 4) is 0 Å². The highest BCUT2D eigenvalue weighted by Crippen LogP contribution is 2.53. The van der Waals surface area contributed by atoms with E-state index in [2.05, 4.69) is 5.32 Å². The molecule has 3 N–H and O–H groups in total. The molecule has 0 radical (unpaired) electrons. The van der Waals surface area contributed by atoms with Gasteiger partial charge in [-0.25, -0.2) is 0 Å². The number of esters is 3. The molecule has 0 aromatic carbocycles. The van der Waals surface area contributed by atoms with Crippen molar-refractivity contribution in [2.24, 2.45) is 47.3 Å². The Morgan fingerprint density at radius 3 is 1.78 bits per heavy atom. The summed E-state index contributed by atoms with van der Waals surface area (Å²) in [7, 11) is 0. The summed E-state index contributed by atoms with van der Waals surface area (Å²) in [6, 6.07) is -0.205. The third-order valence-corrected chi connectivity index (χ3v) is 11.6. The van der Waals surface area contributed by atoms with Crippen molar-refractivity contribution in [1.29, 1.82) is 0 Å². The second-order valence-corrected chi connectivity index (χ2v) is 14.1. The van der Waals surface area contributed by atoms with Gasteiger partial charge in [0.15, 0.2) is 0 Å². The zero-order valence-corrected chi connectivity index (χ0v) is 27.3. The summed E-state index contributed by atoms with van der Waals surface area (Å²) in [6.07, 6.45) is 8.68. The van der Waals surface area contributed by atoms with Gasteiger partial charge in [0, 0.05) is 24.8 Å². The number of nitrogens with one attached hydrogen (secondary N) is 1. The van der Waals surface area contributed by atoms with E-state index >= 15 is 0 Å². The van der Waals surface area contributed by atoms with E-state index < -0.39 is 11.2 Å². The number of Topliss-reactive ketones (excluding diaryl/α,β-unsaturated/α-hetero) is 1. The molecule has 10 heteroatoms. The van der Waals surface area contributed by atoms with E-state index in [1.807, 2.05) is 34.6 Å². The maximum atomic E-state index is 11.7. The van der Waals surface area contributed by atoms with Crippen molar-refractivity contribution < 1.29 is 43.6 Å². The smallest absolute Gasteiger partial charge is 0.323 e. The summed E-state index contributed by atoms with van der Waals surface area (Å²) in [5.41, 5.74) is -1.16. The maximum absolute atomic E-state index is 11.7. The molecular formula is C36H63NO9. The lowest BCUT2D eigenvalue weighted by Crippen LogP contribution is -2.37. The highest BCUT2D eigenvalue weighted by molar-refractivity contribution is 5.86. The first-order valence-corrected chi connectivity index (χ1v) is 17.1. The van der Waals surface area contributed by atoms with Crippen LogP contribution in [0.25, 0.3) is 0 Å². The predicted octanol–water partition coefficient (Wildman–Crippen LogP) is 4.86. The first-order valence-electron chi connectivity index (χ1n) is 17.1. The van der Waals surface area contributed by atoms with Gasteiger partial charge in [0.25, 0.3) is 0 Å². The lowest BCUT2D eigenvalue weighted by molar-refractivity contribution is -0.150. The van der Waals surface area contributed by atoms with Gasteiger partial charge in [-0.3, -0.25) is 19.2 Å². The van der Waals surface area contributed by atoms with Gasteiger partial charge in [-0.1, -0.05) is 14.9 Å². The number of rotatable bonds is 6. The monoisotopic (exact) mass is 653 g/mol. The van der Waals surface area contributed by atoms with E-state index in [0.29, 0.717) is 49.8 Å². The Morgan fingerprint density at radius 2 is 1.20 bits per heavy atom. The van der Waals surface area contributed by atoms with Crippen molar-refractivity contribution in [1.82, 2.24) is 5.32 Å². The normalized spacial score (nSPS) is 39.6. The molecule has 11 atom stereocenters. The average molecular weight is 654 g/mol. The van der Waals surface area contributed by atoms with Gasteiger partial charge in [0.05, 0.1) is 42.9 Å². The Hall–Kier alpha value is -2.04. The molecule has 5 aliphatic carbocycles. The Kier molecular flexibility index (Phi) is 14.7. The number of ketones is 1. The molecule has 6 rings (SSSR count). The molecule has 5 saturated carbocycles. The van der Waals surface area contributed by atoms with E-state index in [1.54, 1.807) is 0 Å². The number of carbonyl (C=O) groups is 4. The molecule has 0 unspecified atom stereocenters. The molecule has 10 nitrogen and oxygen atoms in total. The summed E-state index contributed by atoms with van der Waals surface area (Å²) < 4.78 is 15.1. The molecular weight excluding hydrogens is 590 g/mol. The Bertz CT molecular complexity index is 988. The van der Waals surface area contributed by atoms with Crippen LogP contribution in [0.3, 0.4) is 0 Å². The molecule has 46 heavy (non-hydrogen) atoms. The third-order valence-electron chi connectivity index (χ3n) is 11.6. The van der Waals surface area contributed by atoms with Gasteiger partial charge < -0.3 is 29.7 Å². The van der Waals surface area contributed by atoms with Crippen LogP contribution in [0.4, 0.5) is 0 Å². The van der Waals surface area contributed by atoms with Gasteiger partial charge >= 0.3 is 17.9 Å². The van der Waals surface area contributed by atoms with Crippen LogP contribution >= 0.6 is 0 Å². The lowest BCUT2D eigenvalue weighted by Gasteiger charge is -2.24. The Morgan fingerprint density at radius 1 is 0.696 bits per heavy atom. The molecule has 6 fully saturated rings. The number of carbonyl (C=O) groups excluding carboxylic acids is 4. The summed E-state index contributed by atoms with van der Waals surface area (Å²) in [5.74, 6) is 1.69. The van der Waals surface area contributed by atoms with Gasteiger partial charge in [0.2, 0.25) is 0 Å². The molecule has 0 aromatic rings. The number of aliphatic hydroxyl groups is 2. The van der Waals surface area contributed by atoms with Crippen LogP contribution in [0.15, 0.2) is 0 Å². The van der Waals surface area contributed by atoms with E-state index in [-0.39, 0.29) is 68.4 Å². The van der Waals surface area contributed by atoms with Crippen LogP contribution in [-0.4, -0.2) is 77.5 Å².